The lowest BCUT2D eigenvalue weighted by Gasteiger charge is -2.07. The summed E-state index contributed by atoms with van der Waals surface area (Å²) in [7, 11) is 0. The van der Waals surface area contributed by atoms with E-state index >= 15 is 0 Å². The Balaban J connectivity index is 1.76. The van der Waals surface area contributed by atoms with Crippen molar-refractivity contribution in [3.8, 4) is 11.3 Å². The number of rotatable bonds is 1. The minimum atomic E-state index is 0.770. The van der Waals surface area contributed by atoms with Crippen LogP contribution in [-0.4, -0.2) is 19.9 Å². The van der Waals surface area contributed by atoms with Gasteiger partial charge in [0, 0.05) is 34.1 Å². The Bertz CT molecular complexity index is 1260. The summed E-state index contributed by atoms with van der Waals surface area (Å²) in [5, 5.41) is 3.22. The van der Waals surface area contributed by atoms with E-state index in [2.05, 4.69) is 51.4 Å². The summed E-state index contributed by atoms with van der Waals surface area (Å²) in [5.74, 6) is 0.770. The van der Waals surface area contributed by atoms with Crippen LogP contribution in [0, 0.1) is 6.92 Å². The molecule has 3 aromatic heterocycles. The molecule has 3 heterocycles. The van der Waals surface area contributed by atoms with Crippen molar-refractivity contribution in [1.29, 1.82) is 0 Å². The molecule has 5 aromatic rings. The Labute approximate surface area is 144 Å². The van der Waals surface area contributed by atoms with Crippen molar-refractivity contribution in [3.05, 3.63) is 72.8 Å². The Morgan fingerprint density at radius 1 is 0.720 bits per heavy atom. The molecule has 0 aliphatic rings. The van der Waals surface area contributed by atoms with Gasteiger partial charge in [0.05, 0.1) is 22.2 Å². The highest BCUT2D eigenvalue weighted by Gasteiger charge is 2.07. The molecular weight excluding hydrogens is 308 g/mol. The Kier molecular flexibility index (Phi) is 2.97. The molecule has 0 spiro atoms. The van der Waals surface area contributed by atoms with Crippen LogP contribution in [0.4, 0.5) is 0 Å². The van der Waals surface area contributed by atoms with Gasteiger partial charge in [0.15, 0.2) is 0 Å². The summed E-state index contributed by atoms with van der Waals surface area (Å²) >= 11 is 0. The van der Waals surface area contributed by atoms with Gasteiger partial charge in [0.25, 0.3) is 0 Å². The highest BCUT2D eigenvalue weighted by atomic mass is 14.9. The van der Waals surface area contributed by atoms with Crippen LogP contribution >= 0.6 is 0 Å². The molecule has 0 aliphatic heterocycles. The van der Waals surface area contributed by atoms with Crippen molar-refractivity contribution >= 4 is 32.7 Å². The molecule has 2 aromatic carbocycles. The van der Waals surface area contributed by atoms with Crippen LogP contribution in [0.15, 0.2) is 67.0 Å². The monoisotopic (exact) mass is 322 g/mol. The van der Waals surface area contributed by atoms with E-state index in [1.165, 1.54) is 0 Å². The van der Waals surface area contributed by atoms with Gasteiger partial charge in [0.1, 0.15) is 5.82 Å². The minimum Gasteiger partial charge on any atom is -0.254 e. The third kappa shape index (κ3) is 2.31. The second-order valence-corrected chi connectivity index (χ2v) is 6.10. The quantitative estimate of drug-likeness (QED) is 0.420. The van der Waals surface area contributed by atoms with Gasteiger partial charge in [-0.25, -0.2) is 15.0 Å². The lowest BCUT2D eigenvalue weighted by molar-refractivity contribution is 1.09. The predicted octanol–water partition coefficient (Wildman–Crippen LogP) is 4.70. The predicted molar refractivity (Wildman–Crippen MR) is 100 cm³/mol. The van der Waals surface area contributed by atoms with Crippen molar-refractivity contribution in [1.82, 2.24) is 19.9 Å². The van der Waals surface area contributed by atoms with Crippen molar-refractivity contribution in [2.24, 2.45) is 0 Å². The van der Waals surface area contributed by atoms with Gasteiger partial charge in [0.2, 0.25) is 0 Å². The SMILES string of the molecule is Cc1ncc2ccc(-c3ccc4ccc5cccnc5c4n3)cc2n1. The normalized spacial score (nSPS) is 11.4. The molecule has 25 heavy (non-hydrogen) atoms. The van der Waals surface area contributed by atoms with Gasteiger partial charge in [-0.15, -0.1) is 0 Å². The fourth-order valence-electron chi connectivity index (χ4n) is 3.16. The molecule has 0 aliphatic carbocycles. The standard InChI is InChI=1S/C21H14N4/c1-13-23-12-17-7-6-16(11-19(17)24-13)18-9-8-15-5-4-14-3-2-10-22-20(14)21(15)25-18/h2-12H,1H3. The third-order valence-electron chi connectivity index (χ3n) is 4.43. The van der Waals surface area contributed by atoms with Crippen LogP contribution in [0.3, 0.4) is 0 Å². The van der Waals surface area contributed by atoms with Crippen molar-refractivity contribution in [3.63, 3.8) is 0 Å². The van der Waals surface area contributed by atoms with Crippen LogP contribution in [-0.2, 0) is 0 Å². The Morgan fingerprint density at radius 2 is 1.52 bits per heavy atom. The van der Waals surface area contributed by atoms with Crippen LogP contribution < -0.4 is 0 Å². The number of fused-ring (bicyclic) bond motifs is 4. The summed E-state index contributed by atoms with van der Waals surface area (Å²) in [4.78, 5) is 18.2. The first-order chi connectivity index (χ1) is 12.3. The van der Waals surface area contributed by atoms with Crippen molar-refractivity contribution < 1.29 is 0 Å². The molecule has 0 unspecified atom stereocenters. The first kappa shape index (κ1) is 14.0. The van der Waals surface area contributed by atoms with Gasteiger partial charge in [-0.1, -0.05) is 36.4 Å². The molecule has 0 fully saturated rings. The van der Waals surface area contributed by atoms with Crippen LogP contribution in [0.1, 0.15) is 5.82 Å². The van der Waals surface area contributed by atoms with Gasteiger partial charge in [-0.3, -0.25) is 4.98 Å². The lowest BCUT2D eigenvalue weighted by Crippen LogP contribution is -1.91. The first-order valence-corrected chi connectivity index (χ1v) is 8.16. The number of benzene rings is 2. The van der Waals surface area contributed by atoms with Gasteiger partial charge in [-0.2, -0.15) is 0 Å². The summed E-state index contributed by atoms with van der Waals surface area (Å²) in [5.41, 5.74) is 4.75. The van der Waals surface area contributed by atoms with E-state index in [-0.39, 0.29) is 0 Å². The fourth-order valence-corrected chi connectivity index (χ4v) is 3.16. The summed E-state index contributed by atoms with van der Waals surface area (Å²) in [6.45, 7) is 1.90. The Hall–Kier alpha value is -3.40. The largest absolute Gasteiger partial charge is 0.254 e. The number of hydrogen-bond acceptors (Lipinski definition) is 4. The average molecular weight is 322 g/mol. The third-order valence-corrected chi connectivity index (χ3v) is 4.43. The number of aromatic nitrogens is 4. The van der Waals surface area contributed by atoms with E-state index in [9.17, 15) is 0 Å². The first-order valence-electron chi connectivity index (χ1n) is 8.16. The van der Waals surface area contributed by atoms with Crippen LogP contribution in [0.25, 0.3) is 44.0 Å². The van der Waals surface area contributed by atoms with Crippen LogP contribution in [0.5, 0.6) is 0 Å². The van der Waals surface area contributed by atoms with E-state index in [4.69, 9.17) is 4.98 Å². The average Bonchev–Trinajstić information content (AvgIpc) is 2.67. The molecule has 4 nitrogen and oxygen atoms in total. The molecule has 0 saturated heterocycles. The molecular formula is C21H14N4. The molecule has 0 amide bonds. The maximum absolute atomic E-state index is 4.90. The van der Waals surface area contributed by atoms with Crippen molar-refractivity contribution in [2.75, 3.05) is 0 Å². The van der Waals surface area contributed by atoms with Gasteiger partial charge >= 0.3 is 0 Å². The molecule has 0 bridgehead atoms. The highest BCUT2D eigenvalue weighted by molar-refractivity contribution is 6.03. The molecule has 118 valence electrons. The van der Waals surface area contributed by atoms with Gasteiger partial charge in [-0.05, 0) is 25.1 Å². The summed E-state index contributed by atoms with van der Waals surface area (Å²) < 4.78 is 0. The van der Waals surface area contributed by atoms with Gasteiger partial charge < -0.3 is 0 Å². The summed E-state index contributed by atoms with van der Waals surface area (Å²) in [6, 6.07) is 18.5. The zero-order chi connectivity index (χ0) is 16.8. The zero-order valence-electron chi connectivity index (χ0n) is 13.6. The lowest BCUT2D eigenvalue weighted by atomic mass is 10.1. The summed E-state index contributed by atoms with van der Waals surface area (Å²) in [6.07, 6.45) is 3.67. The second kappa shape index (κ2) is 5.31. The second-order valence-electron chi connectivity index (χ2n) is 6.10. The van der Waals surface area contributed by atoms with E-state index < -0.39 is 0 Å². The fraction of sp³-hybridized carbons (Fsp3) is 0.0476. The molecule has 4 heteroatoms. The molecule has 0 atom stereocenters. The zero-order valence-corrected chi connectivity index (χ0v) is 13.6. The number of hydrogen-bond donors (Lipinski definition) is 0. The topological polar surface area (TPSA) is 51.6 Å². The van der Waals surface area contributed by atoms with E-state index in [0.29, 0.717) is 0 Å². The highest BCUT2D eigenvalue weighted by Crippen LogP contribution is 2.27. The minimum absolute atomic E-state index is 0.770. The van der Waals surface area contributed by atoms with E-state index in [1.807, 2.05) is 37.5 Å². The number of nitrogens with zero attached hydrogens (tertiary/aromatic N) is 4. The van der Waals surface area contributed by atoms with Crippen molar-refractivity contribution in [2.45, 2.75) is 6.92 Å². The number of pyridine rings is 2. The smallest absolute Gasteiger partial charge is 0.125 e. The van der Waals surface area contributed by atoms with Crippen LogP contribution in [0.2, 0.25) is 0 Å². The number of aryl methyl sites for hydroxylation is 1. The molecule has 5 rings (SSSR count). The van der Waals surface area contributed by atoms with E-state index in [0.717, 1.165) is 49.8 Å². The van der Waals surface area contributed by atoms with E-state index in [1.54, 1.807) is 0 Å². The Morgan fingerprint density at radius 3 is 2.44 bits per heavy atom. The maximum Gasteiger partial charge on any atom is 0.125 e. The molecule has 0 radical (unpaired) electrons. The maximum atomic E-state index is 4.90. The molecule has 0 N–H and O–H groups in total. The molecule has 0 saturated carbocycles.